The average molecular weight is 396 g/mol. The van der Waals surface area contributed by atoms with Gasteiger partial charge in [0.2, 0.25) is 0 Å². The maximum atomic E-state index is 13.8. The highest BCUT2D eigenvalue weighted by atomic mass is 19.1. The van der Waals surface area contributed by atoms with E-state index in [1.165, 1.54) is 23.1 Å². The number of carboxylic acid groups (broad SMARTS) is 1. The van der Waals surface area contributed by atoms with Gasteiger partial charge in [-0.2, -0.15) is 0 Å². The number of hydrogen-bond acceptors (Lipinski definition) is 4. The highest BCUT2D eigenvalue weighted by Gasteiger charge is 2.32. The van der Waals surface area contributed by atoms with E-state index in [-0.39, 0.29) is 12.6 Å². The van der Waals surface area contributed by atoms with Crippen molar-refractivity contribution in [3.05, 3.63) is 29.6 Å². The molecule has 1 aliphatic rings. The second-order valence-electron chi connectivity index (χ2n) is 8.00. The molecule has 1 aliphatic heterocycles. The van der Waals surface area contributed by atoms with Crippen LogP contribution in [0.15, 0.2) is 18.2 Å². The zero-order chi connectivity index (χ0) is 20.9. The number of nitrogens with one attached hydrogen (secondary N) is 1. The summed E-state index contributed by atoms with van der Waals surface area (Å²) in [5.74, 6) is 0.0311. The number of nitrogens with zero attached hydrogens (tertiary/aromatic N) is 1. The molecule has 0 aromatic heterocycles. The van der Waals surface area contributed by atoms with E-state index in [1.54, 1.807) is 20.8 Å². The Balaban J connectivity index is 1.96. The van der Waals surface area contributed by atoms with Gasteiger partial charge in [-0.05, 0) is 58.7 Å². The molecule has 2 atom stereocenters. The van der Waals surface area contributed by atoms with Crippen LogP contribution >= 0.6 is 0 Å². The van der Waals surface area contributed by atoms with Gasteiger partial charge in [0.05, 0.1) is 12.6 Å². The van der Waals surface area contributed by atoms with Crippen molar-refractivity contribution in [2.75, 3.05) is 13.2 Å². The van der Waals surface area contributed by atoms with Crippen molar-refractivity contribution in [2.24, 2.45) is 0 Å². The summed E-state index contributed by atoms with van der Waals surface area (Å²) in [5, 5.41) is 12.1. The number of carbonyl (C=O) groups is 2. The first-order chi connectivity index (χ1) is 13.1. The number of hydrogen-bond donors (Lipinski definition) is 2. The van der Waals surface area contributed by atoms with Crippen LogP contribution in [0.3, 0.4) is 0 Å². The lowest BCUT2D eigenvalue weighted by Crippen LogP contribution is -2.38. The van der Waals surface area contributed by atoms with Gasteiger partial charge < -0.3 is 24.8 Å². The van der Waals surface area contributed by atoms with Gasteiger partial charge in [0, 0.05) is 24.6 Å². The number of amides is 2. The van der Waals surface area contributed by atoms with Crippen molar-refractivity contribution in [3.63, 3.8) is 0 Å². The van der Waals surface area contributed by atoms with Crippen LogP contribution in [0.1, 0.15) is 58.6 Å². The lowest BCUT2D eigenvalue weighted by molar-refractivity contribution is 0.0503. The number of benzene rings is 1. The van der Waals surface area contributed by atoms with Gasteiger partial charge in [-0.15, -0.1) is 0 Å². The van der Waals surface area contributed by atoms with E-state index in [4.69, 9.17) is 9.47 Å². The predicted molar refractivity (Wildman–Crippen MR) is 102 cm³/mol. The Morgan fingerprint density at radius 1 is 1.39 bits per heavy atom. The highest BCUT2D eigenvalue weighted by molar-refractivity contribution is 5.68. The van der Waals surface area contributed by atoms with E-state index < -0.39 is 29.6 Å². The number of carbonyl (C=O) groups excluding carboxylic acids is 1. The van der Waals surface area contributed by atoms with Gasteiger partial charge in [0.15, 0.2) is 0 Å². The van der Waals surface area contributed by atoms with Crippen LogP contribution in [0.4, 0.5) is 14.0 Å². The summed E-state index contributed by atoms with van der Waals surface area (Å²) < 4.78 is 24.8. The Hall–Kier alpha value is -2.51. The predicted octanol–water partition coefficient (Wildman–Crippen LogP) is 4.32. The molecule has 8 heteroatoms. The normalized spacial score (nSPS) is 17.9. The number of halogens is 1. The third-order valence-corrected chi connectivity index (χ3v) is 4.40. The Kier molecular flexibility index (Phi) is 7.10. The van der Waals surface area contributed by atoms with E-state index >= 15 is 0 Å². The third-order valence-electron chi connectivity index (χ3n) is 4.40. The van der Waals surface area contributed by atoms with Gasteiger partial charge in [0.1, 0.15) is 17.2 Å². The van der Waals surface area contributed by atoms with Crippen molar-refractivity contribution in [1.82, 2.24) is 10.2 Å². The fourth-order valence-corrected chi connectivity index (χ4v) is 3.16. The monoisotopic (exact) mass is 396 g/mol. The quantitative estimate of drug-likeness (QED) is 0.747. The van der Waals surface area contributed by atoms with E-state index in [0.29, 0.717) is 30.7 Å². The number of ether oxygens (including phenoxy) is 2. The minimum Gasteiger partial charge on any atom is -0.493 e. The van der Waals surface area contributed by atoms with Crippen LogP contribution in [0.5, 0.6) is 5.75 Å². The largest absolute Gasteiger partial charge is 0.493 e. The van der Waals surface area contributed by atoms with Crippen LogP contribution in [0.2, 0.25) is 0 Å². The molecule has 1 fully saturated rings. The Labute approximate surface area is 164 Å². The lowest BCUT2D eigenvalue weighted by Gasteiger charge is -2.24. The molecule has 0 aliphatic carbocycles. The summed E-state index contributed by atoms with van der Waals surface area (Å²) >= 11 is 0. The molecular formula is C20H29FN2O5. The Morgan fingerprint density at radius 2 is 2.11 bits per heavy atom. The molecule has 0 bridgehead atoms. The third kappa shape index (κ3) is 6.28. The zero-order valence-electron chi connectivity index (χ0n) is 16.8. The number of rotatable bonds is 6. The summed E-state index contributed by atoms with van der Waals surface area (Å²) in [6, 6.07) is 3.56. The fourth-order valence-electron chi connectivity index (χ4n) is 3.16. The average Bonchev–Trinajstić information content (AvgIpc) is 3.04. The van der Waals surface area contributed by atoms with Crippen LogP contribution in [-0.4, -0.2) is 47.0 Å². The summed E-state index contributed by atoms with van der Waals surface area (Å²) in [4.78, 5) is 24.5. The van der Waals surface area contributed by atoms with E-state index in [9.17, 15) is 19.1 Å². The molecule has 0 radical (unpaired) electrons. The molecule has 2 N–H and O–H groups in total. The van der Waals surface area contributed by atoms with Gasteiger partial charge in [-0.25, -0.2) is 14.0 Å². The number of alkyl carbamates (subject to hydrolysis) is 1. The van der Waals surface area contributed by atoms with Crippen molar-refractivity contribution < 1.29 is 28.6 Å². The first-order valence-corrected chi connectivity index (χ1v) is 9.48. The van der Waals surface area contributed by atoms with Crippen molar-refractivity contribution >= 4 is 12.2 Å². The molecule has 1 aromatic carbocycles. The second-order valence-corrected chi connectivity index (χ2v) is 8.00. The van der Waals surface area contributed by atoms with Gasteiger partial charge in [0.25, 0.3) is 0 Å². The summed E-state index contributed by atoms with van der Waals surface area (Å²) in [6.07, 6.45) is 0.356. The molecule has 28 heavy (non-hydrogen) atoms. The first-order valence-electron chi connectivity index (χ1n) is 9.48. The molecule has 1 aromatic rings. The first kappa shape index (κ1) is 21.8. The number of likely N-dealkylation sites (tertiary alicyclic amines) is 1. The minimum absolute atomic E-state index is 0.180. The molecule has 0 saturated carbocycles. The molecule has 2 rings (SSSR count). The summed E-state index contributed by atoms with van der Waals surface area (Å²) in [6.45, 7) is 7.92. The summed E-state index contributed by atoms with van der Waals surface area (Å²) in [5.41, 5.74) is -0.0340. The van der Waals surface area contributed by atoms with E-state index in [2.05, 4.69) is 5.32 Å². The molecule has 0 spiro atoms. The minimum atomic E-state index is -1.02. The SMILES string of the molecule is CC(CCOc1ccc(F)cc1[C@H]1CCCN1C(=O)O)NC(=O)OC(C)(C)C. The Morgan fingerprint density at radius 3 is 2.75 bits per heavy atom. The van der Waals surface area contributed by atoms with Crippen LogP contribution in [0, 0.1) is 5.82 Å². The summed E-state index contributed by atoms with van der Waals surface area (Å²) in [7, 11) is 0. The maximum absolute atomic E-state index is 13.8. The molecular weight excluding hydrogens is 367 g/mol. The van der Waals surface area contributed by atoms with Crippen molar-refractivity contribution in [3.8, 4) is 5.75 Å². The second kappa shape index (κ2) is 9.12. The molecule has 2 amide bonds. The van der Waals surface area contributed by atoms with E-state index in [0.717, 1.165) is 6.42 Å². The van der Waals surface area contributed by atoms with Gasteiger partial charge in [-0.3, -0.25) is 0 Å². The van der Waals surface area contributed by atoms with Crippen LogP contribution in [0.25, 0.3) is 0 Å². The fraction of sp³-hybridized carbons (Fsp3) is 0.600. The molecule has 1 heterocycles. The maximum Gasteiger partial charge on any atom is 0.407 e. The molecule has 7 nitrogen and oxygen atoms in total. The molecule has 1 unspecified atom stereocenters. The van der Waals surface area contributed by atoms with Crippen LogP contribution < -0.4 is 10.1 Å². The van der Waals surface area contributed by atoms with E-state index in [1.807, 2.05) is 6.92 Å². The lowest BCUT2D eigenvalue weighted by atomic mass is 10.0. The van der Waals surface area contributed by atoms with Crippen molar-refractivity contribution in [1.29, 1.82) is 0 Å². The van der Waals surface area contributed by atoms with Gasteiger partial charge in [-0.1, -0.05) is 0 Å². The highest BCUT2D eigenvalue weighted by Crippen LogP contribution is 2.37. The smallest absolute Gasteiger partial charge is 0.407 e. The zero-order valence-corrected chi connectivity index (χ0v) is 16.8. The topological polar surface area (TPSA) is 88.1 Å². The Bertz CT molecular complexity index is 704. The van der Waals surface area contributed by atoms with Gasteiger partial charge >= 0.3 is 12.2 Å². The van der Waals surface area contributed by atoms with Crippen molar-refractivity contribution in [2.45, 2.75) is 64.6 Å². The molecule has 1 saturated heterocycles. The standard InChI is InChI=1S/C20H29FN2O5/c1-13(22-18(24)28-20(2,3)4)9-11-27-17-8-7-14(21)12-15(17)16-6-5-10-23(16)19(25)26/h7-8,12-13,16H,5-6,9-11H2,1-4H3,(H,22,24)(H,25,26)/t13?,16-/m1/s1. The van der Waals surface area contributed by atoms with Crippen LogP contribution in [-0.2, 0) is 4.74 Å². The molecule has 156 valence electrons.